The Hall–Kier alpha value is -1.15. The average molecular weight is 304 g/mol. The van der Waals surface area contributed by atoms with Crippen molar-refractivity contribution in [3.8, 4) is 5.75 Å². The fraction of sp³-hybridized carbons (Fsp3) is 0.538. The van der Waals surface area contributed by atoms with Crippen molar-refractivity contribution < 1.29 is 26.8 Å². The number of ether oxygens (including phenoxy) is 3. The van der Waals surface area contributed by atoms with Gasteiger partial charge in [0, 0.05) is 14.2 Å². The largest absolute Gasteiger partial charge is 0.487 e. The third kappa shape index (κ3) is 4.45. The molecular weight excluding hydrogens is 284 g/mol. The van der Waals surface area contributed by atoms with Crippen LogP contribution in [0, 0.1) is 6.92 Å². The first kappa shape index (κ1) is 16.9. The van der Waals surface area contributed by atoms with Crippen LogP contribution in [0.5, 0.6) is 5.75 Å². The zero-order valence-corrected chi connectivity index (χ0v) is 12.9. The summed E-state index contributed by atoms with van der Waals surface area (Å²) in [6.45, 7) is 3.59. The standard InChI is InChI=1S/C13H20O6S/c1-5-19-20(14,15)12-7-6-10(2)8-11(12)18-9-13(16-3)17-4/h6-8,13H,5,9H2,1-4H3. The van der Waals surface area contributed by atoms with Crippen molar-refractivity contribution in [3.05, 3.63) is 23.8 Å². The molecule has 0 N–H and O–H groups in total. The Kier molecular flexibility index (Phi) is 6.41. The molecule has 0 atom stereocenters. The van der Waals surface area contributed by atoms with Crippen LogP contribution in [-0.4, -0.2) is 42.1 Å². The van der Waals surface area contributed by atoms with Gasteiger partial charge in [-0.05, 0) is 31.5 Å². The Morgan fingerprint density at radius 3 is 2.40 bits per heavy atom. The lowest BCUT2D eigenvalue weighted by molar-refractivity contribution is -0.122. The van der Waals surface area contributed by atoms with Crippen molar-refractivity contribution >= 4 is 10.1 Å². The highest BCUT2D eigenvalue weighted by Crippen LogP contribution is 2.27. The van der Waals surface area contributed by atoms with E-state index in [1.165, 1.54) is 20.3 Å². The molecule has 0 saturated carbocycles. The van der Waals surface area contributed by atoms with E-state index < -0.39 is 16.4 Å². The van der Waals surface area contributed by atoms with E-state index in [2.05, 4.69) is 0 Å². The highest BCUT2D eigenvalue weighted by molar-refractivity contribution is 7.86. The molecule has 0 spiro atoms. The Balaban J connectivity index is 3.02. The van der Waals surface area contributed by atoms with Crippen LogP contribution in [0.25, 0.3) is 0 Å². The summed E-state index contributed by atoms with van der Waals surface area (Å²) in [6, 6.07) is 4.78. The molecule has 7 heteroatoms. The first-order chi connectivity index (χ1) is 9.44. The van der Waals surface area contributed by atoms with E-state index in [1.54, 1.807) is 19.1 Å². The first-order valence-electron chi connectivity index (χ1n) is 6.13. The smallest absolute Gasteiger partial charge is 0.300 e. The van der Waals surface area contributed by atoms with Gasteiger partial charge in [-0.25, -0.2) is 0 Å². The van der Waals surface area contributed by atoms with Gasteiger partial charge in [0.2, 0.25) is 0 Å². The fourth-order valence-electron chi connectivity index (χ4n) is 1.54. The SMILES string of the molecule is CCOS(=O)(=O)c1ccc(C)cc1OCC(OC)OC. The number of aryl methyl sites for hydroxylation is 1. The Morgan fingerprint density at radius 1 is 1.20 bits per heavy atom. The maximum absolute atomic E-state index is 12.0. The van der Waals surface area contributed by atoms with Crippen LogP contribution in [-0.2, 0) is 23.8 Å². The molecule has 0 unspecified atom stereocenters. The zero-order valence-electron chi connectivity index (χ0n) is 12.1. The summed E-state index contributed by atoms with van der Waals surface area (Å²) in [5.74, 6) is 0.220. The van der Waals surface area contributed by atoms with Crippen LogP contribution in [0.4, 0.5) is 0 Å². The molecule has 0 aliphatic heterocycles. The molecule has 0 bridgehead atoms. The van der Waals surface area contributed by atoms with Crippen molar-refractivity contribution in [2.45, 2.75) is 25.0 Å². The van der Waals surface area contributed by atoms with Gasteiger partial charge in [-0.15, -0.1) is 0 Å². The van der Waals surface area contributed by atoms with Crippen molar-refractivity contribution in [2.24, 2.45) is 0 Å². The Morgan fingerprint density at radius 2 is 1.85 bits per heavy atom. The molecule has 6 nitrogen and oxygen atoms in total. The van der Waals surface area contributed by atoms with Gasteiger partial charge in [-0.3, -0.25) is 4.18 Å². The summed E-state index contributed by atoms with van der Waals surface area (Å²) >= 11 is 0. The third-order valence-corrected chi connectivity index (χ3v) is 3.96. The van der Waals surface area contributed by atoms with E-state index in [4.69, 9.17) is 18.4 Å². The second-order valence-corrected chi connectivity index (χ2v) is 5.61. The van der Waals surface area contributed by atoms with Gasteiger partial charge >= 0.3 is 10.1 Å². The second kappa shape index (κ2) is 7.58. The topological polar surface area (TPSA) is 71.1 Å². The molecule has 20 heavy (non-hydrogen) atoms. The lowest BCUT2D eigenvalue weighted by Gasteiger charge is -2.16. The molecule has 0 saturated heterocycles. The highest BCUT2D eigenvalue weighted by Gasteiger charge is 2.21. The normalized spacial score (nSPS) is 11.8. The van der Waals surface area contributed by atoms with E-state index in [0.717, 1.165) is 5.56 Å². The van der Waals surface area contributed by atoms with E-state index in [-0.39, 0.29) is 23.9 Å². The second-order valence-electron chi connectivity index (χ2n) is 4.02. The fourth-order valence-corrected chi connectivity index (χ4v) is 2.58. The van der Waals surface area contributed by atoms with Gasteiger partial charge < -0.3 is 14.2 Å². The summed E-state index contributed by atoms with van der Waals surface area (Å²) in [5.41, 5.74) is 0.877. The summed E-state index contributed by atoms with van der Waals surface area (Å²) in [6.07, 6.45) is -0.571. The number of hydrogen-bond acceptors (Lipinski definition) is 6. The minimum atomic E-state index is -3.83. The molecule has 0 radical (unpaired) electrons. The molecule has 0 aromatic heterocycles. The van der Waals surface area contributed by atoms with Crippen LogP contribution in [0.3, 0.4) is 0 Å². The molecule has 0 aliphatic carbocycles. The van der Waals surface area contributed by atoms with Gasteiger partial charge in [0.1, 0.15) is 17.3 Å². The monoisotopic (exact) mass is 304 g/mol. The van der Waals surface area contributed by atoms with Gasteiger partial charge in [0.25, 0.3) is 0 Å². The predicted molar refractivity (Wildman–Crippen MR) is 73.3 cm³/mol. The van der Waals surface area contributed by atoms with Crippen LogP contribution in [0.2, 0.25) is 0 Å². The summed E-state index contributed by atoms with van der Waals surface area (Å²) in [4.78, 5) is -0.00379. The van der Waals surface area contributed by atoms with Crippen LogP contribution < -0.4 is 4.74 Å². The molecule has 1 rings (SSSR count). The molecule has 0 fully saturated rings. The number of rotatable bonds is 8. The van der Waals surface area contributed by atoms with Gasteiger partial charge in [0.15, 0.2) is 6.29 Å². The number of benzene rings is 1. The molecule has 0 aliphatic rings. The van der Waals surface area contributed by atoms with E-state index in [9.17, 15) is 8.42 Å². The average Bonchev–Trinajstić information content (AvgIpc) is 2.39. The molecule has 0 heterocycles. The summed E-state index contributed by atoms with van der Waals surface area (Å²) in [5, 5.41) is 0. The molecule has 0 amide bonds. The predicted octanol–water partition coefficient (Wildman–Crippen LogP) is 1.72. The first-order valence-corrected chi connectivity index (χ1v) is 7.54. The van der Waals surface area contributed by atoms with E-state index in [1.807, 2.05) is 6.92 Å². The number of methoxy groups -OCH3 is 2. The maximum Gasteiger partial charge on any atom is 0.300 e. The quantitative estimate of drug-likeness (QED) is 0.538. The third-order valence-electron chi connectivity index (χ3n) is 2.54. The van der Waals surface area contributed by atoms with E-state index >= 15 is 0 Å². The minimum Gasteiger partial charge on any atom is -0.487 e. The summed E-state index contributed by atoms with van der Waals surface area (Å²) in [7, 11) is -0.870. The van der Waals surface area contributed by atoms with Gasteiger partial charge in [0.05, 0.1) is 6.61 Å². The lowest BCUT2D eigenvalue weighted by atomic mass is 10.2. The van der Waals surface area contributed by atoms with E-state index in [0.29, 0.717) is 0 Å². The maximum atomic E-state index is 12.0. The minimum absolute atomic E-state index is 0.00379. The molecular formula is C13H20O6S. The van der Waals surface area contributed by atoms with Crippen molar-refractivity contribution in [1.82, 2.24) is 0 Å². The Bertz CT molecular complexity index is 522. The van der Waals surface area contributed by atoms with Crippen LogP contribution in [0.15, 0.2) is 23.1 Å². The highest BCUT2D eigenvalue weighted by atomic mass is 32.2. The Labute approximate surface area is 119 Å². The van der Waals surface area contributed by atoms with Crippen molar-refractivity contribution in [1.29, 1.82) is 0 Å². The number of hydrogen-bond donors (Lipinski definition) is 0. The van der Waals surface area contributed by atoms with Gasteiger partial charge in [-0.1, -0.05) is 6.07 Å². The lowest BCUT2D eigenvalue weighted by Crippen LogP contribution is -2.22. The van der Waals surface area contributed by atoms with Crippen LogP contribution >= 0.6 is 0 Å². The molecule has 114 valence electrons. The molecule has 1 aromatic carbocycles. The summed E-state index contributed by atoms with van der Waals surface area (Å²) < 4.78 is 44.2. The van der Waals surface area contributed by atoms with Gasteiger partial charge in [-0.2, -0.15) is 8.42 Å². The van der Waals surface area contributed by atoms with Crippen LogP contribution in [0.1, 0.15) is 12.5 Å². The van der Waals surface area contributed by atoms with Crippen molar-refractivity contribution in [3.63, 3.8) is 0 Å². The molecule has 1 aromatic rings. The zero-order chi connectivity index (χ0) is 15.2. The van der Waals surface area contributed by atoms with Crippen molar-refractivity contribution in [2.75, 3.05) is 27.4 Å².